The molecule has 0 aromatic heterocycles. The second-order valence-corrected chi connectivity index (χ2v) is 12.8. The van der Waals surface area contributed by atoms with Crippen LogP contribution in [0.5, 0.6) is 0 Å². The Morgan fingerprint density at radius 2 is 1.56 bits per heavy atom. The molecule has 0 fully saturated rings. The van der Waals surface area contributed by atoms with Crippen molar-refractivity contribution in [2.24, 2.45) is 0 Å². The lowest BCUT2D eigenvalue weighted by atomic mass is 10.0. The number of hydrogen-bond donors (Lipinski definition) is 1. The van der Waals surface area contributed by atoms with Crippen LogP contribution in [0, 0.1) is 13.8 Å². The molecule has 1 atom stereocenters. The number of carbonyl (C=O) groups is 2. The van der Waals surface area contributed by atoms with E-state index >= 15 is 0 Å². The van der Waals surface area contributed by atoms with Crippen molar-refractivity contribution >= 4 is 39.1 Å². The van der Waals surface area contributed by atoms with Crippen LogP contribution in [0.15, 0.2) is 72.8 Å². The van der Waals surface area contributed by atoms with Crippen LogP contribution in [-0.4, -0.2) is 50.5 Å². The third kappa shape index (κ3) is 9.90. The molecule has 41 heavy (non-hydrogen) atoms. The van der Waals surface area contributed by atoms with Crippen LogP contribution in [0.4, 0.5) is 5.69 Å². The molecule has 0 spiro atoms. The Bertz CT molecular complexity index is 1390. The molecule has 2 amide bonds. The van der Waals surface area contributed by atoms with Crippen molar-refractivity contribution < 1.29 is 18.0 Å². The van der Waals surface area contributed by atoms with E-state index in [1.807, 2.05) is 81.4 Å². The SMILES string of the molecule is CCCNC(=O)[C@H](Cc1ccccc1)N(Cc1ccc(Cl)cc1)C(=O)CCCN(c1cc(C)cc(C)c1)S(C)(=O)=O. The summed E-state index contributed by atoms with van der Waals surface area (Å²) in [5, 5.41) is 3.55. The monoisotopic (exact) mass is 597 g/mol. The molecule has 3 aromatic carbocycles. The van der Waals surface area contributed by atoms with Gasteiger partial charge in [0, 0.05) is 37.5 Å². The molecule has 3 rings (SSSR count). The first kappa shape index (κ1) is 32.2. The molecule has 0 saturated carbocycles. The van der Waals surface area contributed by atoms with E-state index in [4.69, 9.17) is 11.6 Å². The molecule has 0 saturated heterocycles. The molecule has 0 heterocycles. The van der Waals surface area contributed by atoms with Crippen LogP contribution in [0.2, 0.25) is 5.02 Å². The lowest BCUT2D eigenvalue weighted by Gasteiger charge is -2.32. The number of nitrogens with one attached hydrogen (secondary N) is 1. The number of benzene rings is 3. The average Bonchev–Trinajstić information content (AvgIpc) is 2.91. The van der Waals surface area contributed by atoms with E-state index in [0.717, 1.165) is 28.7 Å². The van der Waals surface area contributed by atoms with Crippen molar-refractivity contribution in [1.82, 2.24) is 10.2 Å². The van der Waals surface area contributed by atoms with Gasteiger partial charge in [-0.05, 0) is 73.2 Å². The zero-order valence-electron chi connectivity index (χ0n) is 24.3. The van der Waals surface area contributed by atoms with Gasteiger partial charge in [0.15, 0.2) is 0 Å². The molecule has 3 aromatic rings. The van der Waals surface area contributed by atoms with Gasteiger partial charge in [0.05, 0.1) is 11.9 Å². The first-order valence-electron chi connectivity index (χ1n) is 13.9. The summed E-state index contributed by atoms with van der Waals surface area (Å²) in [6.07, 6.45) is 2.68. The minimum Gasteiger partial charge on any atom is -0.354 e. The van der Waals surface area contributed by atoms with Crippen molar-refractivity contribution in [3.63, 3.8) is 0 Å². The number of amides is 2. The van der Waals surface area contributed by atoms with Gasteiger partial charge in [0.2, 0.25) is 21.8 Å². The van der Waals surface area contributed by atoms with Crippen LogP contribution in [0.1, 0.15) is 48.4 Å². The Morgan fingerprint density at radius 1 is 0.927 bits per heavy atom. The van der Waals surface area contributed by atoms with Crippen LogP contribution in [0.25, 0.3) is 0 Å². The zero-order chi connectivity index (χ0) is 30.0. The molecule has 220 valence electrons. The number of carbonyl (C=O) groups excluding carboxylic acids is 2. The first-order valence-corrected chi connectivity index (χ1v) is 16.1. The van der Waals surface area contributed by atoms with E-state index in [2.05, 4.69) is 5.32 Å². The number of hydrogen-bond acceptors (Lipinski definition) is 4. The van der Waals surface area contributed by atoms with Gasteiger partial charge in [-0.25, -0.2) is 8.42 Å². The van der Waals surface area contributed by atoms with E-state index in [-0.39, 0.29) is 31.3 Å². The van der Waals surface area contributed by atoms with Crippen LogP contribution in [0.3, 0.4) is 0 Å². The summed E-state index contributed by atoms with van der Waals surface area (Å²) in [6.45, 7) is 6.70. The number of rotatable bonds is 14. The van der Waals surface area contributed by atoms with Gasteiger partial charge in [-0.1, -0.05) is 67.1 Å². The summed E-state index contributed by atoms with van der Waals surface area (Å²) in [5.74, 6) is -0.438. The van der Waals surface area contributed by atoms with Crippen LogP contribution in [-0.2, 0) is 32.6 Å². The molecule has 7 nitrogen and oxygen atoms in total. The highest BCUT2D eigenvalue weighted by atomic mass is 35.5. The Kier molecular flexibility index (Phi) is 11.8. The summed E-state index contributed by atoms with van der Waals surface area (Å²) in [5.41, 5.74) is 4.28. The fraction of sp³-hybridized carbons (Fsp3) is 0.375. The average molecular weight is 598 g/mol. The predicted octanol–water partition coefficient (Wildman–Crippen LogP) is 5.67. The summed E-state index contributed by atoms with van der Waals surface area (Å²) in [7, 11) is -3.57. The van der Waals surface area contributed by atoms with Crippen LogP contribution >= 0.6 is 11.6 Å². The van der Waals surface area contributed by atoms with Gasteiger partial charge in [-0.3, -0.25) is 13.9 Å². The summed E-state index contributed by atoms with van der Waals surface area (Å²) >= 11 is 6.09. The lowest BCUT2D eigenvalue weighted by molar-refractivity contribution is -0.141. The van der Waals surface area contributed by atoms with Gasteiger partial charge in [-0.2, -0.15) is 0 Å². The van der Waals surface area contributed by atoms with Crippen molar-refractivity contribution in [3.05, 3.63) is 100 Å². The van der Waals surface area contributed by atoms with E-state index in [0.29, 0.717) is 30.1 Å². The largest absolute Gasteiger partial charge is 0.354 e. The lowest BCUT2D eigenvalue weighted by Crippen LogP contribution is -2.50. The molecule has 9 heteroatoms. The maximum absolute atomic E-state index is 13.9. The summed E-state index contributed by atoms with van der Waals surface area (Å²) in [4.78, 5) is 28.9. The molecule has 1 N–H and O–H groups in total. The van der Waals surface area contributed by atoms with Gasteiger partial charge >= 0.3 is 0 Å². The van der Waals surface area contributed by atoms with E-state index in [1.54, 1.807) is 17.0 Å². The number of halogens is 1. The van der Waals surface area contributed by atoms with Gasteiger partial charge in [0.25, 0.3) is 0 Å². The minimum absolute atomic E-state index is 0.0801. The fourth-order valence-corrected chi connectivity index (χ4v) is 5.88. The van der Waals surface area contributed by atoms with Gasteiger partial charge < -0.3 is 10.2 Å². The highest BCUT2D eigenvalue weighted by molar-refractivity contribution is 7.92. The molecule has 0 aliphatic heterocycles. The van der Waals surface area contributed by atoms with Crippen molar-refractivity contribution in [2.45, 2.75) is 59.0 Å². The standard InChI is InChI=1S/C32H40ClN3O4S/c1-5-17-34-32(38)30(22-26-10-7-6-8-11-26)35(23-27-13-15-28(33)16-14-27)31(37)12-9-18-36(41(4,39)40)29-20-24(2)19-25(3)21-29/h6-8,10-11,13-16,19-21,30H,5,9,12,17-18,22-23H2,1-4H3,(H,34,38)/t30-/m0/s1. The molecule has 0 radical (unpaired) electrons. The van der Waals surface area contributed by atoms with E-state index in [9.17, 15) is 18.0 Å². The molecule has 0 bridgehead atoms. The maximum Gasteiger partial charge on any atom is 0.243 e. The van der Waals surface area contributed by atoms with E-state index in [1.165, 1.54) is 10.6 Å². The van der Waals surface area contributed by atoms with Crippen molar-refractivity contribution in [3.8, 4) is 0 Å². The highest BCUT2D eigenvalue weighted by Gasteiger charge is 2.30. The second-order valence-electron chi connectivity index (χ2n) is 10.4. The highest BCUT2D eigenvalue weighted by Crippen LogP contribution is 2.23. The first-order chi connectivity index (χ1) is 19.5. The molecule has 0 unspecified atom stereocenters. The smallest absolute Gasteiger partial charge is 0.243 e. The predicted molar refractivity (Wildman–Crippen MR) is 167 cm³/mol. The maximum atomic E-state index is 13.9. The Balaban J connectivity index is 1.87. The third-order valence-electron chi connectivity index (χ3n) is 6.73. The Morgan fingerprint density at radius 3 is 2.15 bits per heavy atom. The normalized spacial score (nSPS) is 12.0. The topological polar surface area (TPSA) is 86.8 Å². The van der Waals surface area contributed by atoms with Crippen molar-refractivity contribution in [1.29, 1.82) is 0 Å². The van der Waals surface area contributed by atoms with Gasteiger partial charge in [-0.15, -0.1) is 0 Å². The van der Waals surface area contributed by atoms with E-state index < -0.39 is 16.1 Å². The summed E-state index contributed by atoms with van der Waals surface area (Å²) in [6, 6.07) is 21.7. The quantitative estimate of drug-likeness (QED) is 0.259. The number of anilines is 1. The molecular formula is C32H40ClN3O4S. The molecular weight excluding hydrogens is 558 g/mol. The fourth-order valence-electron chi connectivity index (χ4n) is 4.81. The molecule has 0 aliphatic rings. The Labute approximate surface area is 249 Å². The minimum atomic E-state index is -3.57. The summed E-state index contributed by atoms with van der Waals surface area (Å²) < 4.78 is 26.7. The Hall–Kier alpha value is -3.36. The van der Waals surface area contributed by atoms with Crippen molar-refractivity contribution in [2.75, 3.05) is 23.7 Å². The number of nitrogens with zero attached hydrogens (tertiary/aromatic N) is 2. The number of sulfonamides is 1. The van der Waals surface area contributed by atoms with Crippen LogP contribution < -0.4 is 9.62 Å². The number of aryl methyl sites for hydroxylation is 2. The molecule has 0 aliphatic carbocycles. The zero-order valence-corrected chi connectivity index (χ0v) is 25.8. The van der Waals surface area contributed by atoms with Gasteiger partial charge in [0.1, 0.15) is 6.04 Å². The third-order valence-corrected chi connectivity index (χ3v) is 8.18. The second kappa shape index (κ2) is 15.0.